The first-order valence-corrected chi connectivity index (χ1v) is 15.1. The number of fused-ring (bicyclic) bond motifs is 2. The van der Waals surface area contributed by atoms with Gasteiger partial charge in [0.1, 0.15) is 26.2 Å². The Balaban J connectivity index is 1.32. The highest BCUT2D eigenvalue weighted by molar-refractivity contribution is 8.06. The van der Waals surface area contributed by atoms with Gasteiger partial charge >= 0.3 is 5.97 Å². The van der Waals surface area contributed by atoms with E-state index in [0.717, 1.165) is 23.1 Å². The van der Waals surface area contributed by atoms with Crippen molar-refractivity contribution in [1.82, 2.24) is 15.2 Å². The number of nitrogens with zero attached hydrogens (tertiary/aromatic N) is 3. The number of oxime groups is 1. The molecule has 2 amide bonds. The lowest BCUT2D eigenvalue weighted by Crippen LogP contribution is -2.74. The van der Waals surface area contributed by atoms with Gasteiger partial charge in [0.05, 0.1) is 17.9 Å². The van der Waals surface area contributed by atoms with Crippen LogP contribution in [0.5, 0.6) is 0 Å². The van der Waals surface area contributed by atoms with Crippen molar-refractivity contribution in [3.63, 3.8) is 0 Å². The molecule has 5 heterocycles. The zero-order valence-electron chi connectivity index (χ0n) is 18.0. The van der Waals surface area contributed by atoms with Gasteiger partial charge in [-0.2, -0.15) is 0 Å². The van der Waals surface area contributed by atoms with Crippen molar-refractivity contribution >= 4 is 119 Å². The van der Waals surface area contributed by atoms with Crippen LogP contribution in [0.15, 0.2) is 26.3 Å². The standard InChI is InChI=1S/C19H13Cl2N5O6S5/c20-7-1-5-6(27)2-8(35-16(5)34-7)37-19(17(30)31)3-26-14(29)11(15(26)33-4-19)23-13(28)10(25-32)9-12(21)36-18(22)24-9/h1-2,11,15,32H,3-4H2,(H2,22,24)(H,23,28)(H,30,31)/t11?,15-,19?/m1/s1. The number of thioether (sulfide) groups is 2. The summed E-state index contributed by atoms with van der Waals surface area (Å²) in [5.41, 5.74) is 4.71. The summed E-state index contributed by atoms with van der Waals surface area (Å²) >= 11 is 17.6. The topological polar surface area (TPSA) is 175 Å². The highest BCUT2D eigenvalue weighted by Gasteiger charge is 2.58. The summed E-state index contributed by atoms with van der Waals surface area (Å²) in [5.74, 6) is -2.40. The number of carboxylic acids is 1. The predicted molar refractivity (Wildman–Crippen MR) is 147 cm³/mol. The quantitative estimate of drug-likeness (QED) is 0.136. The normalized spacial score (nSPS) is 23.6. The Labute approximate surface area is 237 Å². The van der Waals surface area contributed by atoms with Gasteiger partial charge < -0.3 is 26.3 Å². The van der Waals surface area contributed by atoms with Crippen LogP contribution in [0, 0.1) is 0 Å². The molecule has 5 rings (SSSR count). The Morgan fingerprint density at radius 1 is 1.27 bits per heavy atom. The first-order chi connectivity index (χ1) is 17.5. The zero-order chi connectivity index (χ0) is 26.6. The molecule has 2 saturated heterocycles. The summed E-state index contributed by atoms with van der Waals surface area (Å²) in [6, 6.07) is 2.00. The molecule has 2 unspecified atom stereocenters. The number of β-lactam (4-membered cyclic amide) rings is 1. The van der Waals surface area contributed by atoms with E-state index in [9.17, 15) is 29.5 Å². The molecular formula is C19H13Cl2N5O6S5. The summed E-state index contributed by atoms with van der Waals surface area (Å²) in [5, 5.41) is 24.9. The summed E-state index contributed by atoms with van der Waals surface area (Å²) in [6.45, 7) is -0.130. The number of carboxylic acid groups (broad SMARTS) is 1. The molecule has 0 aliphatic carbocycles. The van der Waals surface area contributed by atoms with Gasteiger partial charge in [0.15, 0.2) is 16.3 Å². The lowest BCUT2D eigenvalue weighted by atomic mass is 10.0. The molecule has 0 radical (unpaired) electrons. The molecule has 2 aliphatic heterocycles. The Hall–Kier alpha value is -2.08. The van der Waals surface area contributed by atoms with Crippen molar-refractivity contribution in [2.75, 3.05) is 18.0 Å². The number of aliphatic carboxylic acids is 1. The lowest BCUT2D eigenvalue weighted by molar-refractivity contribution is -0.151. The number of carbonyl (C=O) groups excluding carboxylic acids is 2. The molecule has 3 aromatic rings. The molecule has 3 atom stereocenters. The summed E-state index contributed by atoms with van der Waals surface area (Å²) in [7, 11) is 0. The molecule has 0 saturated carbocycles. The summed E-state index contributed by atoms with van der Waals surface area (Å²) in [6.07, 6.45) is 0. The molecule has 18 heteroatoms. The van der Waals surface area contributed by atoms with Crippen LogP contribution >= 0.6 is 80.7 Å². The molecule has 2 fully saturated rings. The second-order valence-corrected chi connectivity index (χ2v) is 15.2. The van der Waals surface area contributed by atoms with E-state index >= 15 is 0 Å². The van der Waals surface area contributed by atoms with Gasteiger partial charge in [0.2, 0.25) is 5.91 Å². The molecule has 0 bridgehead atoms. The Bertz CT molecular complexity index is 1560. The predicted octanol–water partition coefficient (Wildman–Crippen LogP) is 2.86. The second kappa shape index (κ2) is 9.91. The van der Waals surface area contributed by atoms with E-state index in [1.54, 1.807) is 6.07 Å². The molecule has 37 heavy (non-hydrogen) atoms. The van der Waals surface area contributed by atoms with Crippen molar-refractivity contribution in [3.05, 3.63) is 36.7 Å². The molecule has 2 aliphatic rings. The van der Waals surface area contributed by atoms with Gasteiger partial charge in [-0.1, -0.05) is 51.5 Å². The van der Waals surface area contributed by atoms with Crippen molar-refractivity contribution in [1.29, 1.82) is 0 Å². The maximum absolute atomic E-state index is 12.9. The number of thiophene rings is 1. The fraction of sp³-hybridized carbons (Fsp3) is 0.263. The van der Waals surface area contributed by atoms with Crippen LogP contribution < -0.4 is 16.5 Å². The first-order valence-electron chi connectivity index (χ1n) is 10.1. The van der Waals surface area contributed by atoms with Crippen molar-refractivity contribution in [2.24, 2.45) is 5.16 Å². The van der Waals surface area contributed by atoms with Gasteiger partial charge in [0, 0.05) is 18.4 Å². The fourth-order valence-corrected chi connectivity index (χ4v) is 10.9. The third-order valence-corrected chi connectivity index (χ3v) is 12.3. The van der Waals surface area contributed by atoms with E-state index in [1.165, 1.54) is 45.4 Å². The smallest absolute Gasteiger partial charge is 0.322 e. The number of nitrogen functional groups attached to an aromatic ring is 1. The third kappa shape index (κ3) is 4.68. The maximum atomic E-state index is 12.9. The molecule has 194 valence electrons. The molecular weight excluding hydrogens is 625 g/mol. The van der Waals surface area contributed by atoms with Gasteiger partial charge in [-0.05, 0) is 6.07 Å². The van der Waals surface area contributed by atoms with Gasteiger partial charge in [0.25, 0.3) is 5.91 Å². The van der Waals surface area contributed by atoms with E-state index in [0.29, 0.717) is 17.9 Å². The van der Waals surface area contributed by atoms with Crippen LogP contribution in [-0.2, 0) is 14.4 Å². The van der Waals surface area contributed by atoms with E-state index < -0.39 is 39.7 Å². The van der Waals surface area contributed by atoms with Gasteiger partial charge in [-0.15, -0.1) is 34.4 Å². The molecule has 11 nitrogen and oxygen atoms in total. The van der Waals surface area contributed by atoms with E-state index in [1.807, 2.05) is 0 Å². The van der Waals surface area contributed by atoms with Crippen LogP contribution in [0.25, 0.3) is 9.40 Å². The third-order valence-electron chi connectivity index (χ3n) is 5.54. The number of hydrogen-bond donors (Lipinski definition) is 4. The van der Waals surface area contributed by atoms with E-state index in [4.69, 9.17) is 28.9 Å². The van der Waals surface area contributed by atoms with E-state index in [2.05, 4.69) is 15.5 Å². The van der Waals surface area contributed by atoms with Crippen molar-refractivity contribution in [2.45, 2.75) is 20.4 Å². The number of halogens is 2. The molecule has 5 N–H and O–H groups in total. The summed E-state index contributed by atoms with van der Waals surface area (Å²) < 4.78 is 0.283. The second-order valence-electron chi connectivity index (χ2n) is 7.82. The number of carbonyl (C=O) groups is 3. The van der Waals surface area contributed by atoms with Gasteiger partial charge in [-0.3, -0.25) is 19.2 Å². The van der Waals surface area contributed by atoms with Crippen LogP contribution in [-0.4, -0.2) is 72.2 Å². The van der Waals surface area contributed by atoms with Crippen LogP contribution in [0.3, 0.4) is 0 Å². The van der Waals surface area contributed by atoms with Crippen LogP contribution in [0.1, 0.15) is 5.69 Å². The zero-order valence-corrected chi connectivity index (χ0v) is 23.6. The number of amides is 2. The van der Waals surface area contributed by atoms with Crippen molar-refractivity contribution in [3.8, 4) is 0 Å². The Kier molecular flexibility index (Phi) is 7.10. The number of hydrogen-bond acceptors (Lipinski definition) is 13. The molecule has 0 spiro atoms. The lowest BCUT2D eigenvalue weighted by Gasteiger charge is -2.53. The van der Waals surface area contributed by atoms with Crippen molar-refractivity contribution < 1.29 is 24.7 Å². The molecule has 3 aromatic heterocycles. The Morgan fingerprint density at radius 3 is 2.68 bits per heavy atom. The number of aromatic nitrogens is 1. The number of nitrogens with one attached hydrogen (secondary N) is 1. The minimum atomic E-state index is -1.41. The average Bonchev–Trinajstić information content (AvgIpc) is 3.38. The Morgan fingerprint density at radius 2 is 2.03 bits per heavy atom. The number of rotatable bonds is 6. The van der Waals surface area contributed by atoms with Crippen LogP contribution in [0.2, 0.25) is 8.67 Å². The highest BCUT2D eigenvalue weighted by Crippen LogP contribution is 2.48. The summed E-state index contributed by atoms with van der Waals surface area (Å²) in [4.78, 5) is 55.8. The number of anilines is 1. The number of nitrogens with two attached hydrogens (primary N) is 1. The first kappa shape index (κ1) is 26.5. The minimum absolute atomic E-state index is 0.0441. The van der Waals surface area contributed by atoms with Crippen LogP contribution in [0.4, 0.5) is 5.13 Å². The largest absolute Gasteiger partial charge is 0.480 e. The fourth-order valence-electron chi connectivity index (χ4n) is 3.80. The van der Waals surface area contributed by atoms with E-state index in [-0.39, 0.29) is 32.9 Å². The average molecular weight is 639 g/mol. The number of thiazole rings is 1. The maximum Gasteiger partial charge on any atom is 0.322 e. The van der Waals surface area contributed by atoms with Gasteiger partial charge in [-0.25, -0.2) is 4.98 Å². The minimum Gasteiger partial charge on any atom is -0.480 e. The monoisotopic (exact) mass is 637 g/mol. The molecule has 0 aromatic carbocycles. The highest BCUT2D eigenvalue weighted by atomic mass is 35.5. The SMILES string of the molecule is Nc1nc(C(=NO)C(=O)NC2C(=O)N3CC(Sc4cc(=O)c5cc(Cl)sc5s4)(C(=O)O)CS[C@H]23)c(Cl)s1.